The molecule has 3 aromatic rings. The Kier molecular flexibility index (Phi) is 5.57. The summed E-state index contributed by atoms with van der Waals surface area (Å²) in [6.45, 7) is 1.96. The number of aromatic nitrogens is 4. The Morgan fingerprint density at radius 2 is 1.97 bits per heavy atom. The Balaban J connectivity index is 1.40. The monoisotopic (exact) mass is 408 g/mol. The topological polar surface area (TPSA) is 102 Å². The number of aryl methyl sites for hydroxylation is 1. The number of nitrogens with one attached hydrogen (secondary N) is 2. The molecule has 148 valence electrons. The molecule has 1 fully saturated rings. The number of carbonyl (C=O) groups excluding carboxylic acids is 2. The second kappa shape index (κ2) is 8.44. The first kappa shape index (κ1) is 19.1. The zero-order valence-electron chi connectivity index (χ0n) is 15.8. The number of thioether (sulfide) groups is 1. The van der Waals surface area contributed by atoms with Crippen molar-refractivity contribution in [3.8, 4) is 0 Å². The Labute approximate surface area is 172 Å². The number of anilines is 2. The highest BCUT2D eigenvalue weighted by molar-refractivity contribution is 7.99. The third kappa shape index (κ3) is 4.80. The molecule has 8 nitrogen and oxygen atoms in total. The number of rotatable bonds is 7. The van der Waals surface area contributed by atoms with Crippen LogP contribution in [-0.4, -0.2) is 37.8 Å². The molecule has 1 aliphatic carbocycles. The van der Waals surface area contributed by atoms with Crippen molar-refractivity contribution in [1.29, 1.82) is 0 Å². The van der Waals surface area contributed by atoms with Gasteiger partial charge in [-0.1, -0.05) is 36.0 Å². The molecule has 0 atom stereocenters. The minimum absolute atomic E-state index is 0.154. The van der Waals surface area contributed by atoms with Crippen molar-refractivity contribution in [3.05, 3.63) is 59.7 Å². The molecule has 4 rings (SSSR count). The van der Waals surface area contributed by atoms with Crippen LogP contribution in [0.15, 0.2) is 53.7 Å². The van der Waals surface area contributed by atoms with Crippen LogP contribution in [0.1, 0.15) is 34.8 Å². The van der Waals surface area contributed by atoms with Gasteiger partial charge in [-0.3, -0.25) is 9.59 Å². The van der Waals surface area contributed by atoms with Crippen molar-refractivity contribution in [3.63, 3.8) is 0 Å². The van der Waals surface area contributed by atoms with E-state index in [9.17, 15) is 9.59 Å². The number of carbonyl (C=O) groups is 2. The van der Waals surface area contributed by atoms with Crippen LogP contribution in [0.4, 0.5) is 11.4 Å². The van der Waals surface area contributed by atoms with E-state index in [4.69, 9.17) is 0 Å². The number of amides is 2. The molecular formula is C20H20N6O2S. The number of para-hydroxylation sites is 1. The average Bonchev–Trinajstić information content (AvgIpc) is 3.44. The first-order chi connectivity index (χ1) is 14.1. The SMILES string of the molecule is Cc1cccc(NC(=O)c2ccccc2NC(=O)CSc2nnnn2C2CC2)c1. The van der Waals surface area contributed by atoms with E-state index in [0.29, 0.717) is 28.1 Å². The maximum atomic E-state index is 12.7. The normalized spacial score (nSPS) is 13.1. The molecule has 0 radical (unpaired) electrons. The fraction of sp³-hybridized carbons (Fsp3) is 0.250. The van der Waals surface area contributed by atoms with Gasteiger partial charge in [-0.25, -0.2) is 4.68 Å². The van der Waals surface area contributed by atoms with E-state index in [1.165, 1.54) is 11.8 Å². The Hall–Kier alpha value is -3.20. The minimum atomic E-state index is -0.281. The van der Waals surface area contributed by atoms with Crippen LogP contribution in [0.3, 0.4) is 0 Å². The second-order valence-corrected chi connectivity index (χ2v) is 7.79. The van der Waals surface area contributed by atoms with Gasteiger partial charge in [-0.15, -0.1) is 5.10 Å². The quantitative estimate of drug-likeness (QED) is 0.582. The molecule has 1 aliphatic rings. The predicted octanol–water partition coefficient (Wildman–Crippen LogP) is 3.30. The van der Waals surface area contributed by atoms with Crippen molar-refractivity contribution in [1.82, 2.24) is 20.2 Å². The fourth-order valence-corrected chi connectivity index (χ4v) is 3.60. The van der Waals surface area contributed by atoms with Crippen LogP contribution < -0.4 is 10.6 Å². The molecule has 9 heteroatoms. The van der Waals surface area contributed by atoms with Crippen LogP contribution in [0.2, 0.25) is 0 Å². The van der Waals surface area contributed by atoms with Crippen LogP contribution in [0.5, 0.6) is 0 Å². The van der Waals surface area contributed by atoms with Gasteiger partial charge in [0.2, 0.25) is 11.1 Å². The summed E-state index contributed by atoms with van der Waals surface area (Å²) in [7, 11) is 0. The van der Waals surface area contributed by atoms with E-state index in [-0.39, 0.29) is 17.6 Å². The Morgan fingerprint density at radius 3 is 2.76 bits per heavy atom. The van der Waals surface area contributed by atoms with E-state index in [2.05, 4.69) is 26.2 Å². The highest BCUT2D eigenvalue weighted by Gasteiger charge is 2.28. The maximum Gasteiger partial charge on any atom is 0.257 e. The summed E-state index contributed by atoms with van der Waals surface area (Å²) in [6.07, 6.45) is 2.13. The zero-order valence-corrected chi connectivity index (χ0v) is 16.6. The van der Waals surface area contributed by atoms with E-state index in [1.54, 1.807) is 28.9 Å². The first-order valence-corrected chi connectivity index (χ1v) is 10.3. The summed E-state index contributed by atoms with van der Waals surface area (Å²) in [5.41, 5.74) is 2.62. The molecule has 2 N–H and O–H groups in total. The number of benzene rings is 2. The second-order valence-electron chi connectivity index (χ2n) is 6.84. The zero-order chi connectivity index (χ0) is 20.2. The van der Waals surface area contributed by atoms with Gasteiger partial charge in [-0.05, 0) is 60.0 Å². The number of hydrogen-bond acceptors (Lipinski definition) is 6. The van der Waals surface area contributed by atoms with Gasteiger partial charge in [0, 0.05) is 5.69 Å². The highest BCUT2D eigenvalue weighted by atomic mass is 32.2. The van der Waals surface area contributed by atoms with Crippen molar-refractivity contribution >= 4 is 35.0 Å². The molecule has 0 aliphatic heterocycles. The summed E-state index contributed by atoms with van der Waals surface area (Å²) >= 11 is 1.28. The summed E-state index contributed by atoms with van der Waals surface area (Å²) in [4.78, 5) is 25.1. The van der Waals surface area contributed by atoms with Gasteiger partial charge in [0.05, 0.1) is 23.0 Å². The van der Waals surface area contributed by atoms with Crippen molar-refractivity contribution in [2.24, 2.45) is 0 Å². The molecule has 1 saturated carbocycles. The lowest BCUT2D eigenvalue weighted by Crippen LogP contribution is -2.19. The Bertz CT molecular complexity index is 1050. The molecule has 1 heterocycles. The third-order valence-electron chi connectivity index (χ3n) is 4.41. The minimum Gasteiger partial charge on any atom is -0.325 e. The van der Waals surface area contributed by atoms with Crippen LogP contribution >= 0.6 is 11.8 Å². The smallest absolute Gasteiger partial charge is 0.257 e. The van der Waals surface area contributed by atoms with Crippen molar-refractivity contribution < 1.29 is 9.59 Å². The van der Waals surface area contributed by atoms with E-state index < -0.39 is 0 Å². The van der Waals surface area contributed by atoms with Crippen molar-refractivity contribution in [2.45, 2.75) is 31.0 Å². The van der Waals surface area contributed by atoms with Gasteiger partial charge in [0.15, 0.2) is 0 Å². The van der Waals surface area contributed by atoms with Gasteiger partial charge < -0.3 is 10.6 Å². The molecule has 29 heavy (non-hydrogen) atoms. The molecular weight excluding hydrogens is 388 g/mol. The van der Waals surface area contributed by atoms with E-state index >= 15 is 0 Å². The maximum absolute atomic E-state index is 12.7. The first-order valence-electron chi connectivity index (χ1n) is 9.28. The van der Waals surface area contributed by atoms with Gasteiger partial charge >= 0.3 is 0 Å². The summed E-state index contributed by atoms with van der Waals surface area (Å²) in [5, 5.41) is 18.0. The average molecular weight is 408 g/mol. The van der Waals surface area contributed by atoms with Crippen molar-refractivity contribution in [2.75, 3.05) is 16.4 Å². The number of tetrazole rings is 1. The molecule has 0 unspecified atom stereocenters. The fourth-order valence-electron chi connectivity index (χ4n) is 2.86. The van der Waals surface area contributed by atoms with E-state index in [0.717, 1.165) is 18.4 Å². The molecule has 0 saturated heterocycles. The molecule has 2 aromatic carbocycles. The molecule has 1 aromatic heterocycles. The summed E-state index contributed by atoms with van der Waals surface area (Å²) in [6, 6.07) is 14.8. The largest absolute Gasteiger partial charge is 0.325 e. The van der Waals surface area contributed by atoms with Crippen LogP contribution in [-0.2, 0) is 4.79 Å². The van der Waals surface area contributed by atoms with Gasteiger partial charge in [0.1, 0.15) is 0 Å². The number of nitrogens with zero attached hydrogens (tertiary/aromatic N) is 4. The molecule has 2 amide bonds. The lowest BCUT2D eigenvalue weighted by Gasteiger charge is -2.11. The summed E-state index contributed by atoms with van der Waals surface area (Å²) < 4.78 is 1.77. The molecule has 0 spiro atoms. The third-order valence-corrected chi connectivity index (χ3v) is 5.34. The highest BCUT2D eigenvalue weighted by Crippen LogP contribution is 2.36. The van der Waals surface area contributed by atoms with E-state index in [1.807, 2.05) is 31.2 Å². The lowest BCUT2D eigenvalue weighted by molar-refractivity contribution is -0.113. The van der Waals surface area contributed by atoms with Crippen LogP contribution in [0.25, 0.3) is 0 Å². The Morgan fingerprint density at radius 1 is 1.14 bits per heavy atom. The van der Waals surface area contributed by atoms with Gasteiger partial charge in [0.25, 0.3) is 5.91 Å². The standard InChI is InChI=1S/C20H20N6O2S/c1-13-5-4-6-14(11-13)21-19(28)16-7-2-3-8-17(16)22-18(27)12-29-20-23-24-25-26(20)15-9-10-15/h2-8,11,15H,9-10,12H2,1H3,(H,21,28)(H,22,27). The van der Waals surface area contributed by atoms with Gasteiger partial charge in [-0.2, -0.15) is 0 Å². The number of hydrogen-bond donors (Lipinski definition) is 2. The van der Waals surface area contributed by atoms with Crippen LogP contribution in [0, 0.1) is 6.92 Å². The molecule has 0 bridgehead atoms. The lowest BCUT2D eigenvalue weighted by atomic mass is 10.1. The summed E-state index contributed by atoms with van der Waals surface area (Å²) in [5.74, 6) is -0.353. The predicted molar refractivity (Wildman–Crippen MR) is 111 cm³/mol.